The average molecular weight is 205 g/mol. The van der Waals surface area contributed by atoms with Crippen molar-refractivity contribution in [2.75, 3.05) is 0 Å². The van der Waals surface area contributed by atoms with Crippen molar-refractivity contribution in [3.05, 3.63) is 48.0 Å². The van der Waals surface area contributed by atoms with Crippen molar-refractivity contribution < 1.29 is 4.39 Å². The molecule has 0 amide bonds. The zero-order valence-electron chi connectivity index (χ0n) is 8.39. The van der Waals surface area contributed by atoms with E-state index >= 15 is 0 Å². The second-order valence-corrected chi connectivity index (χ2v) is 3.46. The van der Waals surface area contributed by atoms with Crippen molar-refractivity contribution in [3.63, 3.8) is 0 Å². The average Bonchev–Trinajstić information content (AvgIpc) is 2.67. The van der Waals surface area contributed by atoms with Gasteiger partial charge in [0.25, 0.3) is 0 Å². The highest BCUT2D eigenvalue weighted by Crippen LogP contribution is 2.14. The van der Waals surface area contributed by atoms with E-state index in [-0.39, 0.29) is 11.9 Å². The molecule has 0 saturated heterocycles. The van der Waals surface area contributed by atoms with Crippen molar-refractivity contribution in [1.82, 2.24) is 9.78 Å². The Morgan fingerprint density at radius 1 is 1.40 bits per heavy atom. The molecule has 3 nitrogen and oxygen atoms in total. The van der Waals surface area contributed by atoms with Crippen LogP contribution in [0.5, 0.6) is 0 Å². The summed E-state index contributed by atoms with van der Waals surface area (Å²) >= 11 is 0. The minimum absolute atomic E-state index is 0.0921. The lowest BCUT2D eigenvalue weighted by atomic mass is 10.2. The van der Waals surface area contributed by atoms with Crippen LogP contribution in [0.2, 0.25) is 0 Å². The molecule has 0 spiro atoms. The monoisotopic (exact) mass is 205 g/mol. The Morgan fingerprint density at radius 3 is 2.73 bits per heavy atom. The van der Waals surface area contributed by atoms with Crippen LogP contribution >= 0.6 is 0 Å². The molecule has 0 aliphatic rings. The first kappa shape index (κ1) is 9.86. The molecule has 2 rings (SSSR count). The van der Waals surface area contributed by atoms with Gasteiger partial charge in [-0.2, -0.15) is 5.10 Å². The first-order chi connectivity index (χ1) is 7.18. The van der Waals surface area contributed by atoms with Gasteiger partial charge in [-0.05, 0) is 19.1 Å². The van der Waals surface area contributed by atoms with E-state index in [0.29, 0.717) is 5.69 Å². The number of benzene rings is 1. The maximum atomic E-state index is 13.4. The Balaban J connectivity index is 2.42. The summed E-state index contributed by atoms with van der Waals surface area (Å²) in [4.78, 5) is 0. The minimum Gasteiger partial charge on any atom is -0.324 e. The standard InChI is InChI=1S/C11H12FN3/c1-8(13)9-6-14-15(7-9)11-5-3-2-4-10(11)12/h2-8H,13H2,1H3/t8-/m0/s1. The second-order valence-electron chi connectivity index (χ2n) is 3.46. The van der Waals surface area contributed by atoms with Gasteiger partial charge in [-0.25, -0.2) is 9.07 Å². The van der Waals surface area contributed by atoms with E-state index in [2.05, 4.69) is 5.10 Å². The van der Waals surface area contributed by atoms with E-state index < -0.39 is 0 Å². The van der Waals surface area contributed by atoms with Crippen molar-refractivity contribution in [1.29, 1.82) is 0 Å². The Labute approximate surface area is 87.3 Å². The lowest BCUT2D eigenvalue weighted by molar-refractivity contribution is 0.610. The molecule has 0 saturated carbocycles. The highest BCUT2D eigenvalue weighted by molar-refractivity contribution is 5.33. The number of nitrogens with zero attached hydrogens (tertiary/aromatic N) is 2. The lowest BCUT2D eigenvalue weighted by Crippen LogP contribution is -2.03. The van der Waals surface area contributed by atoms with Crippen LogP contribution in [0, 0.1) is 5.82 Å². The van der Waals surface area contributed by atoms with Gasteiger partial charge in [0, 0.05) is 17.8 Å². The summed E-state index contributed by atoms with van der Waals surface area (Å²) in [6, 6.07) is 6.40. The van der Waals surface area contributed by atoms with Gasteiger partial charge in [-0.1, -0.05) is 12.1 Å². The molecule has 1 aromatic heterocycles. The predicted octanol–water partition coefficient (Wildman–Crippen LogP) is 2.03. The number of para-hydroxylation sites is 1. The van der Waals surface area contributed by atoms with Gasteiger partial charge >= 0.3 is 0 Å². The van der Waals surface area contributed by atoms with Crippen LogP contribution in [-0.4, -0.2) is 9.78 Å². The molecule has 15 heavy (non-hydrogen) atoms. The third kappa shape index (κ3) is 1.89. The number of hydrogen-bond donors (Lipinski definition) is 1. The maximum absolute atomic E-state index is 13.4. The number of hydrogen-bond acceptors (Lipinski definition) is 2. The molecular weight excluding hydrogens is 193 g/mol. The zero-order chi connectivity index (χ0) is 10.8. The minimum atomic E-state index is -0.295. The van der Waals surface area contributed by atoms with E-state index in [1.807, 2.05) is 6.92 Å². The number of aromatic nitrogens is 2. The van der Waals surface area contributed by atoms with Gasteiger partial charge < -0.3 is 5.73 Å². The molecule has 1 atom stereocenters. The molecule has 0 aliphatic carbocycles. The largest absolute Gasteiger partial charge is 0.324 e. The molecule has 2 N–H and O–H groups in total. The van der Waals surface area contributed by atoms with Crippen LogP contribution in [0.1, 0.15) is 18.5 Å². The molecule has 0 bridgehead atoms. The SMILES string of the molecule is C[C@H](N)c1cnn(-c2ccccc2F)c1. The van der Waals surface area contributed by atoms with Crippen LogP contribution in [0.15, 0.2) is 36.7 Å². The summed E-state index contributed by atoms with van der Waals surface area (Å²) in [7, 11) is 0. The van der Waals surface area contributed by atoms with Gasteiger partial charge in [0.05, 0.1) is 6.20 Å². The van der Waals surface area contributed by atoms with E-state index in [1.54, 1.807) is 30.6 Å². The number of halogens is 1. The van der Waals surface area contributed by atoms with Crippen LogP contribution in [0.3, 0.4) is 0 Å². The van der Waals surface area contributed by atoms with Crippen LogP contribution in [-0.2, 0) is 0 Å². The third-order valence-corrected chi connectivity index (χ3v) is 2.23. The van der Waals surface area contributed by atoms with Gasteiger partial charge in [-0.15, -0.1) is 0 Å². The molecule has 2 aromatic rings. The fraction of sp³-hybridized carbons (Fsp3) is 0.182. The van der Waals surface area contributed by atoms with Crippen molar-refractivity contribution in [3.8, 4) is 5.69 Å². The van der Waals surface area contributed by atoms with Crippen LogP contribution in [0.4, 0.5) is 4.39 Å². The highest BCUT2D eigenvalue weighted by Gasteiger charge is 2.07. The van der Waals surface area contributed by atoms with Crippen molar-refractivity contribution >= 4 is 0 Å². The molecule has 78 valence electrons. The van der Waals surface area contributed by atoms with Crippen LogP contribution < -0.4 is 5.73 Å². The van der Waals surface area contributed by atoms with Gasteiger partial charge in [0.2, 0.25) is 0 Å². The normalized spacial score (nSPS) is 12.7. The van der Waals surface area contributed by atoms with Crippen molar-refractivity contribution in [2.24, 2.45) is 5.73 Å². The third-order valence-electron chi connectivity index (χ3n) is 2.23. The summed E-state index contributed by atoms with van der Waals surface area (Å²) in [5, 5.41) is 4.07. The van der Waals surface area contributed by atoms with Crippen molar-refractivity contribution in [2.45, 2.75) is 13.0 Å². The molecule has 1 aromatic carbocycles. The smallest absolute Gasteiger partial charge is 0.148 e. The Kier molecular flexibility index (Phi) is 2.51. The summed E-state index contributed by atoms with van der Waals surface area (Å²) in [5.74, 6) is -0.295. The molecule has 0 fully saturated rings. The summed E-state index contributed by atoms with van der Waals surface area (Å²) in [6.07, 6.45) is 3.39. The highest BCUT2D eigenvalue weighted by atomic mass is 19.1. The first-order valence-electron chi connectivity index (χ1n) is 4.73. The fourth-order valence-electron chi connectivity index (χ4n) is 1.34. The van der Waals surface area contributed by atoms with Gasteiger partial charge in [0.15, 0.2) is 0 Å². The second kappa shape index (κ2) is 3.82. The molecule has 4 heteroatoms. The molecule has 0 unspecified atom stereocenters. The predicted molar refractivity (Wildman–Crippen MR) is 56.1 cm³/mol. The molecule has 0 radical (unpaired) electrons. The summed E-state index contributed by atoms with van der Waals surface area (Å²) in [5.41, 5.74) is 7.02. The topological polar surface area (TPSA) is 43.8 Å². The van der Waals surface area contributed by atoms with E-state index in [1.165, 1.54) is 10.7 Å². The number of nitrogens with two attached hydrogens (primary N) is 1. The zero-order valence-corrected chi connectivity index (χ0v) is 8.39. The lowest BCUT2D eigenvalue weighted by Gasteiger charge is -2.02. The van der Waals surface area contributed by atoms with E-state index in [4.69, 9.17) is 5.73 Å². The quantitative estimate of drug-likeness (QED) is 0.815. The fourth-order valence-corrected chi connectivity index (χ4v) is 1.34. The Morgan fingerprint density at radius 2 is 2.13 bits per heavy atom. The molecule has 0 aliphatic heterocycles. The van der Waals surface area contributed by atoms with E-state index in [9.17, 15) is 4.39 Å². The Bertz CT molecular complexity index is 462. The number of rotatable bonds is 2. The van der Waals surface area contributed by atoms with Gasteiger partial charge in [-0.3, -0.25) is 0 Å². The Hall–Kier alpha value is -1.68. The first-order valence-corrected chi connectivity index (χ1v) is 4.73. The summed E-state index contributed by atoms with van der Waals surface area (Å²) in [6.45, 7) is 1.86. The van der Waals surface area contributed by atoms with E-state index in [0.717, 1.165) is 5.56 Å². The van der Waals surface area contributed by atoms with Crippen LogP contribution in [0.25, 0.3) is 5.69 Å². The molecular formula is C11H12FN3. The van der Waals surface area contributed by atoms with Gasteiger partial charge in [0.1, 0.15) is 11.5 Å². The maximum Gasteiger partial charge on any atom is 0.148 e. The summed E-state index contributed by atoms with van der Waals surface area (Å²) < 4.78 is 14.9. The molecule has 1 heterocycles.